The van der Waals surface area contributed by atoms with E-state index >= 15 is 0 Å². The molecule has 1 saturated heterocycles. The monoisotopic (exact) mass is 388 g/mol. The number of carbonyl (C=O) groups is 1. The summed E-state index contributed by atoms with van der Waals surface area (Å²) < 4.78 is 0. The molecule has 1 amide bonds. The number of nitrogens with zero attached hydrogens (tertiary/aromatic N) is 3. The van der Waals surface area contributed by atoms with Crippen molar-refractivity contribution >= 4 is 28.3 Å². The molecule has 2 aromatic heterocycles. The molecule has 1 N–H and O–H groups in total. The number of hydrogen-bond donors (Lipinski definition) is 1. The van der Waals surface area contributed by atoms with Crippen molar-refractivity contribution < 1.29 is 4.79 Å². The molecule has 5 heteroatoms. The third kappa shape index (κ3) is 4.09. The lowest BCUT2D eigenvalue weighted by Crippen LogP contribution is -2.39. The molecule has 29 heavy (non-hydrogen) atoms. The van der Waals surface area contributed by atoms with E-state index in [9.17, 15) is 4.79 Å². The maximum Gasteiger partial charge on any atom is 0.257 e. The number of nitrogens with one attached hydrogen (secondary N) is 1. The predicted octanol–water partition coefficient (Wildman–Crippen LogP) is 5.12. The third-order valence-corrected chi connectivity index (χ3v) is 5.68. The van der Waals surface area contributed by atoms with Gasteiger partial charge in [0.2, 0.25) is 0 Å². The van der Waals surface area contributed by atoms with Crippen LogP contribution in [-0.2, 0) is 6.42 Å². The quantitative estimate of drug-likeness (QED) is 0.674. The molecule has 0 aliphatic carbocycles. The summed E-state index contributed by atoms with van der Waals surface area (Å²) in [6.07, 6.45) is 4.91. The summed E-state index contributed by atoms with van der Waals surface area (Å²) in [5.41, 5.74) is 5.20. The summed E-state index contributed by atoms with van der Waals surface area (Å²) in [7, 11) is 0. The molecular weight excluding hydrogens is 360 g/mol. The molecule has 3 aromatic rings. The van der Waals surface area contributed by atoms with E-state index < -0.39 is 0 Å². The van der Waals surface area contributed by atoms with Gasteiger partial charge in [0, 0.05) is 36.1 Å². The fourth-order valence-corrected chi connectivity index (χ4v) is 3.98. The zero-order valence-corrected chi connectivity index (χ0v) is 17.4. The molecule has 1 atom stereocenters. The maximum absolute atomic E-state index is 13.4. The largest absolute Gasteiger partial charge is 0.354 e. The number of hydrogen-bond acceptors (Lipinski definition) is 4. The average Bonchev–Trinajstić information content (AvgIpc) is 2.74. The second-order valence-electron chi connectivity index (χ2n) is 8.04. The molecule has 1 aliphatic heterocycles. The number of likely N-dealkylation sites (tertiary alicyclic amines) is 1. The number of piperidine rings is 1. The van der Waals surface area contributed by atoms with Crippen molar-refractivity contribution in [3.8, 4) is 0 Å². The Bertz CT molecular complexity index is 1030. The molecule has 1 unspecified atom stereocenters. The Morgan fingerprint density at radius 3 is 2.72 bits per heavy atom. The van der Waals surface area contributed by atoms with Crippen molar-refractivity contribution in [2.75, 3.05) is 18.4 Å². The van der Waals surface area contributed by atoms with Gasteiger partial charge in [0.25, 0.3) is 5.91 Å². The van der Waals surface area contributed by atoms with E-state index in [2.05, 4.69) is 53.4 Å². The Balaban J connectivity index is 1.77. The minimum absolute atomic E-state index is 0.0409. The first-order valence-electron chi connectivity index (χ1n) is 10.5. The molecule has 0 spiro atoms. The van der Waals surface area contributed by atoms with E-state index in [1.165, 1.54) is 12.0 Å². The van der Waals surface area contributed by atoms with Crippen LogP contribution < -0.4 is 5.32 Å². The number of aromatic nitrogens is 2. The Kier molecular flexibility index (Phi) is 5.47. The minimum Gasteiger partial charge on any atom is -0.354 e. The lowest BCUT2D eigenvalue weighted by atomic mass is 9.99. The molecule has 4 rings (SSSR count). The molecule has 0 saturated carbocycles. The van der Waals surface area contributed by atoms with Crippen LogP contribution in [0, 0.1) is 12.8 Å². The highest BCUT2D eigenvalue weighted by atomic mass is 16.2. The van der Waals surface area contributed by atoms with Gasteiger partial charge < -0.3 is 10.2 Å². The van der Waals surface area contributed by atoms with Gasteiger partial charge in [-0.25, -0.2) is 9.97 Å². The lowest BCUT2D eigenvalue weighted by Gasteiger charge is -2.31. The molecule has 3 heterocycles. The van der Waals surface area contributed by atoms with Gasteiger partial charge in [0.05, 0.1) is 11.3 Å². The molecule has 1 aromatic carbocycles. The van der Waals surface area contributed by atoms with Gasteiger partial charge in [-0.05, 0) is 61.9 Å². The molecule has 1 fully saturated rings. The lowest BCUT2D eigenvalue weighted by molar-refractivity contribution is 0.0684. The fourth-order valence-electron chi connectivity index (χ4n) is 3.98. The van der Waals surface area contributed by atoms with Crippen LogP contribution in [0.3, 0.4) is 0 Å². The number of fused-ring (bicyclic) bond motifs is 1. The minimum atomic E-state index is 0.0409. The first kappa shape index (κ1) is 19.4. The van der Waals surface area contributed by atoms with Crippen LogP contribution in [0.2, 0.25) is 0 Å². The molecular formula is C24H28N4O. The summed E-state index contributed by atoms with van der Waals surface area (Å²) in [6.45, 7) is 7.90. The standard InChI is InChI=1S/C24H28N4O/c1-4-18-8-10-19(11-9-18)27-22-20-12-7-17(3)26-23(20)25-14-21(22)24(29)28-13-5-6-16(2)15-28/h7-12,14,16H,4-6,13,15H2,1-3H3,(H,25,26,27). The van der Waals surface area contributed by atoms with Gasteiger partial charge >= 0.3 is 0 Å². The highest BCUT2D eigenvalue weighted by molar-refractivity contribution is 6.07. The van der Waals surface area contributed by atoms with Crippen molar-refractivity contribution in [1.82, 2.24) is 14.9 Å². The first-order chi connectivity index (χ1) is 14.0. The Morgan fingerprint density at radius 2 is 2.00 bits per heavy atom. The van der Waals surface area contributed by atoms with Crippen molar-refractivity contribution in [1.29, 1.82) is 0 Å². The van der Waals surface area contributed by atoms with E-state index in [0.717, 1.165) is 48.4 Å². The fraction of sp³-hybridized carbons (Fsp3) is 0.375. The predicted molar refractivity (Wildman–Crippen MR) is 118 cm³/mol. The van der Waals surface area contributed by atoms with Gasteiger partial charge in [0.1, 0.15) is 0 Å². The third-order valence-electron chi connectivity index (χ3n) is 5.68. The normalized spacial score (nSPS) is 16.8. The summed E-state index contributed by atoms with van der Waals surface area (Å²) in [6, 6.07) is 12.3. The summed E-state index contributed by atoms with van der Waals surface area (Å²) in [4.78, 5) is 24.4. The molecule has 150 valence electrons. The maximum atomic E-state index is 13.4. The number of carbonyl (C=O) groups excluding carboxylic acids is 1. The second kappa shape index (κ2) is 8.19. The summed E-state index contributed by atoms with van der Waals surface area (Å²) in [5, 5.41) is 4.36. The highest BCUT2D eigenvalue weighted by Gasteiger charge is 2.25. The van der Waals surface area contributed by atoms with Gasteiger partial charge in [-0.2, -0.15) is 0 Å². The van der Waals surface area contributed by atoms with Crippen LogP contribution in [0.1, 0.15) is 48.3 Å². The number of pyridine rings is 2. The van der Waals surface area contributed by atoms with Crippen molar-refractivity contribution in [3.63, 3.8) is 0 Å². The highest BCUT2D eigenvalue weighted by Crippen LogP contribution is 2.30. The van der Waals surface area contributed by atoms with Gasteiger partial charge in [-0.3, -0.25) is 4.79 Å². The number of amides is 1. The zero-order valence-electron chi connectivity index (χ0n) is 17.4. The van der Waals surface area contributed by atoms with E-state index in [1.807, 2.05) is 24.0 Å². The average molecular weight is 389 g/mol. The molecule has 0 bridgehead atoms. The summed E-state index contributed by atoms with van der Waals surface area (Å²) in [5.74, 6) is 0.572. The number of benzene rings is 1. The van der Waals surface area contributed by atoms with E-state index in [-0.39, 0.29) is 5.91 Å². The number of rotatable bonds is 4. The van der Waals surface area contributed by atoms with Crippen LogP contribution in [0.4, 0.5) is 11.4 Å². The van der Waals surface area contributed by atoms with Crippen LogP contribution in [0.25, 0.3) is 11.0 Å². The van der Waals surface area contributed by atoms with E-state index in [0.29, 0.717) is 17.1 Å². The Hall–Kier alpha value is -2.95. The number of anilines is 2. The topological polar surface area (TPSA) is 58.1 Å². The van der Waals surface area contributed by atoms with Crippen molar-refractivity contribution in [2.24, 2.45) is 5.92 Å². The van der Waals surface area contributed by atoms with E-state index in [1.54, 1.807) is 6.20 Å². The van der Waals surface area contributed by atoms with Crippen LogP contribution >= 0.6 is 0 Å². The van der Waals surface area contributed by atoms with Gasteiger partial charge in [-0.15, -0.1) is 0 Å². The van der Waals surface area contributed by atoms with Crippen LogP contribution in [-0.4, -0.2) is 33.9 Å². The summed E-state index contributed by atoms with van der Waals surface area (Å²) >= 11 is 0. The van der Waals surface area contributed by atoms with Crippen molar-refractivity contribution in [2.45, 2.75) is 40.0 Å². The Morgan fingerprint density at radius 1 is 1.21 bits per heavy atom. The van der Waals surface area contributed by atoms with Gasteiger partial charge in [0.15, 0.2) is 5.65 Å². The van der Waals surface area contributed by atoms with E-state index in [4.69, 9.17) is 0 Å². The second-order valence-corrected chi connectivity index (χ2v) is 8.04. The van der Waals surface area contributed by atoms with Gasteiger partial charge in [-0.1, -0.05) is 26.0 Å². The molecule has 5 nitrogen and oxygen atoms in total. The first-order valence-corrected chi connectivity index (χ1v) is 10.5. The zero-order chi connectivity index (χ0) is 20.4. The SMILES string of the molecule is CCc1ccc(Nc2c(C(=O)N3CCCC(C)C3)cnc3nc(C)ccc23)cc1. The molecule has 0 radical (unpaired) electrons. The number of aryl methyl sites for hydroxylation is 2. The smallest absolute Gasteiger partial charge is 0.257 e. The van der Waals surface area contributed by atoms with Crippen molar-refractivity contribution in [3.05, 3.63) is 59.4 Å². The Labute approximate surface area is 172 Å². The van der Waals surface area contributed by atoms with Crippen LogP contribution in [0.15, 0.2) is 42.6 Å². The molecule has 1 aliphatic rings. The van der Waals surface area contributed by atoms with Crippen LogP contribution in [0.5, 0.6) is 0 Å².